The van der Waals surface area contributed by atoms with Crippen LogP contribution in [0.3, 0.4) is 0 Å². The van der Waals surface area contributed by atoms with Crippen LogP contribution in [0.25, 0.3) is 12.2 Å². The summed E-state index contributed by atoms with van der Waals surface area (Å²) < 4.78 is 31.5. The minimum Gasteiger partial charge on any atom is -0.282 e. The maximum absolute atomic E-state index is 11.2. The molecule has 0 saturated carbocycles. The molecule has 2 aromatic carbocycles. The lowest BCUT2D eigenvalue weighted by molar-refractivity contribution is 0.483. The highest BCUT2D eigenvalue weighted by molar-refractivity contribution is 7.85. The van der Waals surface area contributed by atoms with E-state index >= 15 is 0 Å². The van der Waals surface area contributed by atoms with E-state index in [9.17, 15) is 8.42 Å². The largest absolute Gasteiger partial charge is 0.295 e. The van der Waals surface area contributed by atoms with Crippen molar-refractivity contribution in [2.75, 3.05) is 0 Å². The lowest BCUT2D eigenvalue weighted by atomic mass is 10.1. The van der Waals surface area contributed by atoms with Crippen LogP contribution < -0.4 is 0 Å². The first-order valence-corrected chi connectivity index (χ1v) is 8.39. The Hall–Kier alpha value is -2.90. The van der Waals surface area contributed by atoms with E-state index in [2.05, 4.69) is 15.4 Å². The van der Waals surface area contributed by atoms with Crippen LogP contribution in [0.4, 0.5) is 0 Å². The molecular weight excluding hydrogens is 326 g/mol. The van der Waals surface area contributed by atoms with Crippen molar-refractivity contribution in [2.45, 2.75) is 4.90 Å². The Labute approximate surface area is 140 Å². The molecule has 0 spiro atoms. The van der Waals surface area contributed by atoms with Gasteiger partial charge in [0.1, 0.15) is 4.90 Å². The van der Waals surface area contributed by atoms with Gasteiger partial charge >= 0.3 is 0 Å². The third-order valence-corrected chi connectivity index (χ3v) is 3.79. The van der Waals surface area contributed by atoms with Gasteiger partial charge in [-0.3, -0.25) is 4.55 Å². The van der Waals surface area contributed by atoms with Gasteiger partial charge in [0.05, 0.1) is 12.4 Å². The summed E-state index contributed by atoms with van der Waals surface area (Å²) in [5.74, 6) is 0. The second kappa shape index (κ2) is 8.66. The number of nitrogens with zero attached hydrogens (tertiary/aromatic N) is 3. The first-order valence-electron chi connectivity index (χ1n) is 6.95. The Kier molecular flexibility index (Phi) is 6.30. The molecule has 0 radical (unpaired) electrons. The SMILES string of the molecule is O=S(=O)(O)c1ccccc1C=Cc1ccccc1.c1cnnnc1. The second-order valence-electron chi connectivity index (χ2n) is 4.57. The van der Waals surface area contributed by atoms with Crippen LogP contribution in [0.5, 0.6) is 0 Å². The molecule has 0 aliphatic carbocycles. The summed E-state index contributed by atoms with van der Waals surface area (Å²) in [5.41, 5.74) is 1.42. The maximum Gasteiger partial charge on any atom is 0.295 e. The fourth-order valence-electron chi connectivity index (χ4n) is 1.81. The smallest absolute Gasteiger partial charge is 0.282 e. The van der Waals surface area contributed by atoms with Crippen LogP contribution in [-0.4, -0.2) is 28.4 Å². The van der Waals surface area contributed by atoms with Gasteiger partial charge in [0.15, 0.2) is 0 Å². The molecule has 0 unspecified atom stereocenters. The van der Waals surface area contributed by atoms with Gasteiger partial charge in [0.25, 0.3) is 10.1 Å². The molecule has 0 aliphatic rings. The van der Waals surface area contributed by atoms with Gasteiger partial charge in [-0.2, -0.15) is 8.42 Å². The molecule has 0 aliphatic heterocycles. The highest BCUT2D eigenvalue weighted by Crippen LogP contribution is 2.17. The summed E-state index contributed by atoms with van der Waals surface area (Å²) >= 11 is 0. The predicted molar refractivity (Wildman–Crippen MR) is 91.5 cm³/mol. The normalized spacial score (nSPS) is 10.9. The number of aromatic nitrogens is 3. The zero-order valence-corrected chi connectivity index (χ0v) is 13.4. The topological polar surface area (TPSA) is 93.0 Å². The summed E-state index contributed by atoms with van der Waals surface area (Å²) in [5, 5.41) is 10.1. The number of hydrogen-bond donors (Lipinski definition) is 1. The van der Waals surface area contributed by atoms with Gasteiger partial charge in [-0.25, -0.2) is 0 Å². The van der Waals surface area contributed by atoms with Gasteiger partial charge in [-0.1, -0.05) is 60.7 Å². The first-order chi connectivity index (χ1) is 11.6. The summed E-state index contributed by atoms with van der Waals surface area (Å²) in [4.78, 5) is -0.0859. The highest BCUT2D eigenvalue weighted by atomic mass is 32.2. The van der Waals surface area contributed by atoms with Gasteiger partial charge in [0, 0.05) is 0 Å². The quantitative estimate of drug-likeness (QED) is 0.581. The fraction of sp³-hybridized carbons (Fsp3) is 0. The molecule has 0 saturated heterocycles. The van der Waals surface area contributed by atoms with E-state index < -0.39 is 10.1 Å². The van der Waals surface area contributed by atoms with Crippen molar-refractivity contribution in [3.63, 3.8) is 0 Å². The Morgan fingerprint density at radius 2 is 1.42 bits per heavy atom. The Morgan fingerprint density at radius 1 is 0.792 bits per heavy atom. The van der Waals surface area contributed by atoms with E-state index in [1.807, 2.05) is 30.3 Å². The number of benzene rings is 2. The number of rotatable bonds is 3. The fourth-order valence-corrected chi connectivity index (χ4v) is 2.49. The molecule has 1 heterocycles. The Balaban J connectivity index is 0.000000292. The van der Waals surface area contributed by atoms with E-state index in [0.29, 0.717) is 5.56 Å². The van der Waals surface area contributed by atoms with Crippen LogP contribution in [0.2, 0.25) is 0 Å². The van der Waals surface area contributed by atoms with Gasteiger partial charge in [-0.05, 0) is 28.5 Å². The maximum atomic E-state index is 11.2. The molecule has 0 atom stereocenters. The molecule has 0 bridgehead atoms. The standard InChI is InChI=1S/C14H12O3S.C3H3N3/c15-18(16,17)14-9-5-4-8-13(14)11-10-12-6-2-1-3-7-12;1-2-4-6-5-3-1/h1-11H,(H,15,16,17);1-3H. The van der Waals surface area contributed by atoms with E-state index in [4.69, 9.17) is 4.55 Å². The first kappa shape index (κ1) is 17.5. The van der Waals surface area contributed by atoms with Crippen LogP contribution in [-0.2, 0) is 10.1 Å². The van der Waals surface area contributed by atoms with E-state index in [0.717, 1.165) is 5.56 Å². The zero-order valence-electron chi connectivity index (χ0n) is 12.6. The lowest BCUT2D eigenvalue weighted by Crippen LogP contribution is -2.00. The molecule has 7 heteroatoms. The molecule has 122 valence electrons. The molecule has 6 nitrogen and oxygen atoms in total. The van der Waals surface area contributed by atoms with E-state index in [-0.39, 0.29) is 4.90 Å². The van der Waals surface area contributed by atoms with Gasteiger partial charge in [-0.15, -0.1) is 10.2 Å². The van der Waals surface area contributed by atoms with Gasteiger partial charge in [0.2, 0.25) is 0 Å². The molecule has 24 heavy (non-hydrogen) atoms. The van der Waals surface area contributed by atoms with Gasteiger partial charge < -0.3 is 0 Å². The van der Waals surface area contributed by atoms with Crippen molar-refractivity contribution in [2.24, 2.45) is 0 Å². The Morgan fingerprint density at radius 3 is 1.96 bits per heavy atom. The molecule has 1 N–H and O–H groups in total. The average molecular weight is 341 g/mol. The summed E-state index contributed by atoms with van der Waals surface area (Å²) in [6.07, 6.45) is 6.61. The molecule has 3 aromatic rings. The Bertz CT molecular complexity index is 857. The van der Waals surface area contributed by atoms with Crippen molar-refractivity contribution in [1.82, 2.24) is 15.4 Å². The monoisotopic (exact) mass is 341 g/mol. The van der Waals surface area contributed by atoms with Crippen molar-refractivity contribution in [3.8, 4) is 0 Å². The highest BCUT2D eigenvalue weighted by Gasteiger charge is 2.12. The summed E-state index contributed by atoms with van der Waals surface area (Å²) in [6, 6.07) is 17.5. The van der Waals surface area contributed by atoms with Crippen LogP contribution in [0, 0.1) is 0 Å². The third kappa shape index (κ3) is 5.71. The minimum atomic E-state index is -4.19. The third-order valence-electron chi connectivity index (χ3n) is 2.86. The molecular formula is C17H15N3O3S. The molecule has 0 fully saturated rings. The van der Waals surface area contributed by atoms with Crippen LogP contribution in [0.15, 0.2) is 78.0 Å². The van der Waals surface area contributed by atoms with Crippen LogP contribution in [0.1, 0.15) is 11.1 Å². The molecule has 3 rings (SSSR count). The van der Waals surface area contributed by atoms with Crippen molar-refractivity contribution < 1.29 is 13.0 Å². The van der Waals surface area contributed by atoms with Crippen molar-refractivity contribution >= 4 is 22.3 Å². The van der Waals surface area contributed by atoms with E-state index in [1.54, 1.807) is 48.8 Å². The van der Waals surface area contributed by atoms with Crippen LogP contribution >= 0.6 is 0 Å². The lowest BCUT2D eigenvalue weighted by Gasteiger charge is -2.01. The van der Waals surface area contributed by atoms with Crippen molar-refractivity contribution in [3.05, 3.63) is 84.2 Å². The summed E-state index contributed by atoms with van der Waals surface area (Å²) in [6.45, 7) is 0. The predicted octanol–water partition coefficient (Wildman–Crippen LogP) is 2.98. The molecule has 0 amide bonds. The minimum absolute atomic E-state index is 0.0859. The van der Waals surface area contributed by atoms with E-state index in [1.165, 1.54) is 6.07 Å². The second-order valence-corrected chi connectivity index (χ2v) is 5.96. The zero-order chi connectivity index (χ0) is 17.3. The number of hydrogen-bond acceptors (Lipinski definition) is 5. The summed E-state index contributed by atoms with van der Waals surface area (Å²) in [7, 11) is -4.19. The van der Waals surface area contributed by atoms with Crippen molar-refractivity contribution in [1.29, 1.82) is 0 Å². The average Bonchev–Trinajstić information content (AvgIpc) is 2.62. The molecule has 1 aromatic heterocycles.